The van der Waals surface area contributed by atoms with Gasteiger partial charge in [0.1, 0.15) is 17.5 Å². The second kappa shape index (κ2) is 12.6. The third kappa shape index (κ3) is 7.62. The first kappa shape index (κ1) is 33.0. The van der Waals surface area contributed by atoms with Crippen molar-refractivity contribution in [3.05, 3.63) is 62.5 Å². The van der Waals surface area contributed by atoms with Gasteiger partial charge >= 0.3 is 11.9 Å². The van der Waals surface area contributed by atoms with Crippen molar-refractivity contribution in [1.82, 2.24) is 14.6 Å². The monoisotopic (exact) mass is 654 g/mol. The first-order valence-electron chi connectivity index (χ1n) is 13.8. The van der Waals surface area contributed by atoms with Gasteiger partial charge in [-0.2, -0.15) is 0 Å². The number of ether oxygens (including phenoxy) is 2. The van der Waals surface area contributed by atoms with Crippen LogP contribution in [0.2, 0.25) is 5.02 Å². The van der Waals surface area contributed by atoms with Gasteiger partial charge in [-0.3, -0.25) is 9.79 Å². The topological polar surface area (TPSA) is 127 Å². The first-order valence-corrected chi connectivity index (χ1v) is 16.6. The summed E-state index contributed by atoms with van der Waals surface area (Å²) in [6.07, 6.45) is 2.39. The van der Waals surface area contributed by atoms with Gasteiger partial charge in [-0.05, 0) is 59.6 Å². The smallest absolute Gasteiger partial charge is 0.338 e. The number of aliphatic imine (C=N–C) groups is 1. The molecule has 234 valence electrons. The molecule has 4 rings (SSSR count). The van der Waals surface area contributed by atoms with Crippen molar-refractivity contribution in [1.29, 1.82) is 0 Å². The number of aromatic nitrogens is 1. The van der Waals surface area contributed by atoms with E-state index in [0.29, 0.717) is 34.9 Å². The van der Waals surface area contributed by atoms with Crippen LogP contribution in [0, 0.1) is 17.2 Å². The van der Waals surface area contributed by atoms with Gasteiger partial charge in [0.25, 0.3) is 0 Å². The summed E-state index contributed by atoms with van der Waals surface area (Å²) in [5.74, 6) is -2.01. The Labute approximate surface area is 260 Å². The molecule has 3 heterocycles. The largest absolute Gasteiger partial charge is 0.466 e. The lowest BCUT2D eigenvalue weighted by Crippen LogP contribution is -2.47. The minimum atomic E-state index is -3.82. The fourth-order valence-corrected chi connectivity index (χ4v) is 7.90. The molecular formula is C29H36ClFN4O6S2. The number of benzene rings is 1. The highest BCUT2D eigenvalue weighted by atomic mass is 35.5. The van der Waals surface area contributed by atoms with Crippen molar-refractivity contribution in [2.75, 3.05) is 26.0 Å². The number of nitrogens with zero attached hydrogens (tertiary/aromatic N) is 3. The highest BCUT2D eigenvalue weighted by Crippen LogP contribution is 2.40. The lowest BCUT2D eigenvalue weighted by atomic mass is 9.86. The number of allylic oxidation sites excluding steroid dienone is 1. The molecule has 1 N–H and O–H groups in total. The van der Waals surface area contributed by atoms with E-state index in [1.54, 1.807) is 46.2 Å². The maximum atomic E-state index is 13.9. The van der Waals surface area contributed by atoms with Crippen molar-refractivity contribution in [3.8, 4) is 0 Å². The Kier molecular flexibility index (Phi) is 9.70. The van der Waals surface area contributed by atoms with Gasteiger partial charge < -0.3 is 14.8 Å². The number of rotatable bonds is 8. The quantitative estimate of drug-likeness (QED) is 0.400. The van der Waals surface area contributed by atoms with E-state index < -0.39 is 50.6 Å². The van der Waals surface area contributed by atoms with Crippen LogP contribution < -0.4 is 5.32 Å². The molecule has 10 nitrogen and oxygen atoms in total. The number of piperidine rings is 1. The zero-order valence-electron chi connectivity index (χ0n) is 24.9. The van der Waals surface area contributed by atoms with E-state index in [1.165, 1.54) is 34.9 Å². The molecule has 2 aromatic rings. The summed E-state index contributed by atoms with van der Waals surface area (Å²) < 4.78 is 52.8. The Bertz CT molecular complexity index is 1540. The standard InChI is InChI=1S/C29H36ClFN4O6S2/c1-28(2,3)41-27(37)29(4,5)16-43(38,39)35-12-9-17(10-13-35)22-21(26(36)40-6)23(19-8-7-18(31)15-20(19)30)34-24(33-22)25-32-11-14-42-25/h7-8,11,14-15,17,23H,9-10,12-13,16H2,1-6H3,(H,33,34). The van der Waals surface area contributed by atoms with Gasteiger partial charge in [0.15, 0.2) is 10.8 Å². The maximum Gasteiger partial charge on any atom is 0.338 e. The molecule has 0 bridgehead atoms. The molecule has 43 heavy (non-hydrogen) atoms. The van der Waals surface area contributed by atoms with E-state index >= 15 is 0 Å². The van der Waals surface area contributed by atoms with Crippen LogP contribution in [-0.2, 0) is 29.1 Å². The number of carbonyl (C=O) groups is 2. The van der Waals surface area contributed by atoms with Crippen LogP contribution in [0.1, 0.15) is 64.1 Å². The molecule has 0 radical (unpaired) electrons. The number of thiazole rings is 1. The Balaban J connectivity index is 1.63. The zero-order chi connectivity index (χ0) is 31.7. The minimum absolute atomic E-state index is 0.100. The molecule has 2 aliphatic rings. The average Bonchev–Trinajstić information content (AvgIpc) is 3.46. The number of carbonyl (C=O) groups excluding carboxylic acids is 2. The Morgan fingerprint density at radius 1 is 1.19 bits per heavy atom. The second-order valence-corrected chi connectivity index (χ2v) is 15.4. The van der Waals surface area contributed by atoms with Crippen LogP contribution in [0.5, 0.6) is 0 Å². The van der Waals surface area contributed by atoms with Crippen molar-refractivity contribution >= 4 is 50.7 Å². The predicted molar refractivity (Wildman–Crippen MR) is 163 cm³/mol. The number of nitrogens with one attached hydrogen (secondary N) is 1. The summed E-state index contributed by atoms with van der Waals surface area (Å²) >= 11 is 7.79. The number of amidine groups is 1. The third-order valence-corrected chi connectivity index (χ3v) is 10.5. The third-order valence-electron chi connectivity index (χ3n) is 7.12. The molecule has 1 saturated heterocycles. The lowest BCUT2D eigenvalue weighted by Gasteiger charge is -2.37. The van der Waals surface area contributed by atoms with E-state index in [9.17, 15) is 22.4 Å². The molecule has 1 atom stereocenters. The molecule has 0 amide bonds. The lowest BCUT2D eigenvalue weighted by molar-refractivity contribution is -0.164. The van der Waals surface area contributed by atoms with E-state index in [1.807, 2.05) is 0 Å². The molecule has 0 aliphatic carbocycles. The van der Waals surface area contributed by atoms with Crippen LogP contribution in [-0.4, -0.2) is 67.0 Å². The average molecular weight is 655 g/mol. The Hall–Kier alpha value is -2.87. The van der Waals surface area contributed by atoms with Crippen molar-refractivity contribution < 1.29 is 31.9 Å². The molecule has 1 fully saturated rings. The SMILES string of the molecule is COC(=O)C1=C(C2CCN(S(=O)(=O)CC(C)(C)C(=O)OC(C)(C)C)CC2)NC(c2nccs2)=NC1c1ccc(F)cc1Cl. The van der Waals surface area contributed by atoms with Crippen LogP contribution >= 0.6 is 22.9 Å². The normalized spacial score (nSPS) is 19.1. The minimum Gasteiger partial charge on any atom is -0.466 e. The highest BCUT2D eigenvalue weighted by molar-refractivity contribution is 7.89. The van der Waals surface area contributed by atoms with E-state index in [-0.39, 0.29) is 29.6 Å². The fourth-order valence-electron chi connectivity index (χ4n) is 5.06. The number of halogens is 2. The number of sulfonamides is 1. The molecule has 0 saturated carbocycles. The molecule has 1 aromatic carbocycles. The highest BCUT2D eigenvalue weighted by Gasteiger charge is 2.42. The summed E-state index contributed by atoms with van der Waals surface area (Å²) in [6, 6.07) is 2.98. The summed E-state index contributed by atoms with van der Waals surface area (Å²) in [7, 11) is -2.56. The van der Waals surface area contributed by atoms with E-state index in [4.69, 9.17) is 26.1 Å². The van der Waals surface area contributed by atoms with Crippen molar-refractivity contribution in [2.45, 2.75) is 59.1 Å². The number of hydrogen-bond donors (Lipinski definition) is 1. The van der Waals surface area contributed by atoms with Gasteiger partial charge in [-0.1, -0.05) is 17.7 Å². The maximum absolute atomic E-state index is 13.9. The number of esters is 2. The predicted octanol–water partition coefficient (Wildman–Crippen LogP) is 4.86. The summed E-state index contributed by atoms with van der Waals surface area (Å²) in [5.41, 5.74) is -0.839. The van der Waals surface area contributed by atoms with E-state index in [0.717, 1.165) is 6.07 Å². The van der Waals surface area contributed by atoms with Gasteiger partial charge in [0, 0.05) is 46.9 Å². The van der Waals surface area contributed by atoms with Crippen LogP contribution in [0.25, 0.3) is 0 Å². The first-order chi connectivity index (χ1) is 20.0. The van der Waals surface area contributed by atoms with Crippen LogP contribution in [0.4, 0.5) is 4.39 Å². The second-order valence-electron chi connectivity index (χ2n) is 12.1. The summed E-state index contributed by atoms with van der Waals surface area (Å²) in [6.45, 7) is 8.66. The molecule has 1 aromatic heterocycles. The zero-order valence-corrected chi connectivity index (χ0v) is 27.3. The van der Waals surface area contributed by atoms with Crippen LogP contribution in [0.15, 0.2) is 46.0 Å². The Morgan fingerprint density at radius 2 is 1.86 bits per heavy atom. The van der Waals surface area contributed by atoms with Crippen molar-refractivity contribution in [3.63, 3.8) is 0 Å². The van der Waals surface area contributed by atoms with Crippen molar-refractivity contribution in [2.24, 2.45) is 16.3 Å². The molecule has 14 heteroatoms. The fraction of sp³-hybridized carbons (Fsp3) is 0.517. The molecule has 0 spiro atoms. The number of hydrogen-bond acceptors (Lipinski definition) is 10. The Morgan fingerprint density at radius 3 is 2.42 bits per heavy atom. The summed E-state index contributed by atoms with van der Waals surface area (Å²) in [4.78, 5) is 35.1. The number of methoxy groups -OCH3 is 1. The molecule has 2 aliphatic heterocycles. The van der Waals surface area contributed by atoms with Gasteiger partial charge in [-0.25, -0.2) is 26.9 Å². The van der Waals surface area contributed by atoms with Gasteiger partial charge in [0.05, 0.1) is 23.9 Å². The van der Waals surface area contributed by atoms with Gasteiger partial charge in [-0.15, -0.1) is 11.3 Å². The van der Waals surface area contributed by atoms with E-state index in [2.05, 4.69) is 10.3 Å². The molecule has 1 unspecified atom stereocenters. The molecular weight excluding hydrogens is 619 g/mol. The summed E-state index contributed by atoms with van der Waals surface area (Å²) in [5, 5.41) is 5.75. The van der Waals surface area contributed by atoms with Gasteiger partial charge in [0.2, 0.25) is 10.0 Å². The van der Waals surface area contributed by atoms with Crippen LogP contribution in [0.3, 0.4) is 0 Å².